The number of carbonyl (C=O) groups is 1. The van der Waals surface area contributed by atoms with Crippen LogP contribution < -0.4 is 10.2 Å². The number of amides is 1. The molecule has 2 aromatic heterocycles. The number of alkyl halides is 3. The summed E-state index contributed by atoms with van der Waals surface area (Å²) < 4.78 is 45.3. The fourth-order valence-electron chi connectivity index (χ4n) is 3.04. The largest absolute Gasteiger partial charge is 0.417 e. The number of fused-ring (bicyclic) bond motifs is 1. The highest BCUT2D eigenvalue weighted by atomic mass is 32.2. The first-order valence-corrected chi connectivity index (χ1v) is 10.2. The maximum atomic E-state index is 12.9. The number of rotatable bonds is 5. The van der Waals surface area contributed by atoms with Gasteiger partial charge in [0.1, 0.15) is 0 Å². The van der Waals surface area contributed by atoms with Crippen LogP contribution in [0.4, 0.5) is 24.5 Å². The SMILES string of the molecule is O=C(CSc1nnc2ccc(C(F)(F)F)cn12)Nc1ccc(N2CCOCC2)cc1. The van der Waals surface area contributed by atoms with E-state index in [1.807, 2.05) is 24.3 Å². The minimum absolute atomic E-state index is 0.0117. The van der Waals surface area contributed by atoms with Crippen molar-refractivity contribution in [2.24, 2.45) is 0 Å². The van der Waals surface area contributed by atoms with E-state index >= 15 is 0 Å². The van der Waals surface area contributed by atoms with Crippen LogP contribution in [-0.4, -0.2) is 52.6 Å². The Balaban J connectivity index is 1.37. The summed E-state index contributed by atoms with van der Waals surface area (Å²) in [5, 5.41) is 10.7. The number of thioether (sulfide) groups is 1. The van der Waals surface area contributed by atoms with Gasteiger partial charge in [0.2, 0.25) is 5.91 Å². The van der Waals surface area contributed by atoms with Gasteiger partial charge in [-0.05, 0) is 36.4 Å². The van der Waals surface area contributed by atoms with Gasteiger partial charge in [0, 0.05) is 30.7 Å². The average molecular weight is 437 g/mol. The Labute approximate surface area is 174 Å². The smallest absolute Gasteiger partial charge is 0.378 e. The van der Waals surface area contributed by atoms with Crippen molar-refractivity contribution in [2.75, 3.05) is 42.3 Å². The van der Waals surface area contributed by atoms with Gasteiger partial charge in [-0.1, -0.05) is 11.8 Å². The molecule has 1 aromatic carbocycles. The molecule has 4 rings (SSSR count). The summed E-state index contributed by atoms with van der Waals surface area (Å²) >= 11 is 1.02. The summed E-state index contributed by atoms with van der Waals surface area (Å²) in [5.74, 6) is -0.301. The molecule has 7 nitrogen and oxygen atoms in total. The van der Waals surface area contributed by atoms with Gasteiger partial charge in [0.15, 0.2) is 10.8 Å². The lowest BCUT2D eigenvalue weighted by Gasteiger charge is -2.28. The Morgan fingerprint density at radius 2 is 1.83 bits per heavy atom. The van der Waals surface area contributed by atoms with Crippen molar-refractivity contribution < 1.29 is 22.7 Å². The maximum absolute atomic E-state index is 12.9. The Morgan fingerprint density at radius 3 is 2.53 bits per heavy atom. The molecule has 1 fully saturated rings. The van der Waals surface area contributed by atoms with Crippen molar-refractivity contribution in [3.8, 4) is 0 Å². The van der Waals surface area contributed by atoms with Gasteiger partial charge in [-0.15, -0.1) is 10.2 Å². The van der Waals surface area contributed by atoms with Crippen molar-refractivity contribution in [1.29, 1.82) is 0 Å². The average Bonchev–Trinajstić information content (AvgIpc) is 3.15. The third-order valence-electron chi connectivity index (χ3n) is 4.56. The van der Waals surface area contributed by atoms with Crippen LogP contribution in [0.25, 0.3) is 5.65 Å². The topological polar surface area (TPSA) is 71.8 Å². The second-order valence-electron chi connectivity index (χ2n) is 6.61. The molecule has 0 bridgehead atoms. The second kappa shape index (κ2) is 8.52. The molecule has 1 N–H and O–H groups in total. The molecule has 1 aliphatic rings. The first-order chi connectivity index (χ1) is 14.4. The zero-order valence-corrected chi connectivity index (χ0v) is 16.5. The van der Waals surface area contributed by atoms with E-state index in [9.17, 15) is 18.0 Å². The molecule has 0 unspecified atom stereocenters. The predicted molar refractivity (Wildman–Crippen MR) is 107 cm³/mol. The summed E-state index contributed by atoms with van der Waals surface area (Å²) in [6.45, 7) is 3.03. The van der Waals surface area contributed by atoms with Crippen LogP contribution in [0.15, 0.2) is 47.8 Å². The molecule has 3 heterocycles. The Bertz CT molecular complexity index is 1030. The number of aromatic nitrogens is 3. The number of carbonyl (C=O) groups excluding carboxylic acids is 1. The molecule has 30 heavy (non-hydrogen) atoms. The van der Waals surface area contributed by atoms with E-state index in [-0.39, 0.29) is 22.5 Å². The minimum Gasteiger partial charge on any atom is -0.378 e. The van der Waals surface area contributed by atoms with Crippen LogP contribution in [0, 0.1) is 0 Å². The fraction of sp³-hybridized carbons (Fsp3) is 0.316. The third-order valence-corrected chi connectivity index (χ3v) is 5.50. The number of nitrogens with one attached hydrogen (secondary N) is 1. The lowest BCUT2D eigenvalue weighted by atomic mass is 10.2. The fourth-order valence-corrected chi connectivity index (χ4v) is 3.76. The molecule has 0 radical (unpaired) electrons. The van der Waals surface area contributed by atoms with Crippen molar-refractivity contribution >= 4 is 34.7 Å². The van der Waals surface area contributed by atoms with E-state index in [0.717, 1.165) is 42.8 Å². The van der Waals surface area contributed by atoms with Crippen molar-refractivity contribution in [1.82, 2.24) is 14.6 Å². The second-order valence-corrected chi connectivity index (χ2v) is 7.55. The molecule has 0 atom stereocenters. The molecular weight excluding hydrogens is 419 g/mol. The monoisotopic (exact) mass is 437 g/mol. The van der Waals surface area contributed by atoms with E-state index in [1.165, 1.54) is 10.5 Å². The van der Waals surface area contributed by atoms with Crippen LogP contribution in [-0.2, 0) is 15.7 Å². The lowest BCUT2D eigenvalue weighted by molar-refractivity contribution is -0.137. The first kappa shape index (κ1) is 20.5. The van der Waals surface area contributed by atoms with Gasteiger partial charge in [0.05, 0.1) is 24.5 Å². The molecule has 3 aromatic rings. The Morgan fingerprint density at radius 1 is 1.10 bits per heavy atom. The van der Waals surface area contributed by atoms with Crippen LogP contribution in [0.2, 0.25) is 0 Å². The molecule has 158 valence electrons. The quantitative estimate of drug-likeness (QED) is 0.618. The molecule has 1 saturated heterocycles. The van der Waals surface area contributed by atoms with Crippen molar-refractivity contribution in [3.05, 3.63) is 48.2 Å². The lowest BCUT2D eigenvalue weighted by Crippen LogP contribution is -2.36. The molecule has 0 saturated carbocycles. The zero-order valence-electron chi connectivity index (χ0n) is 15.7. The van der Waals surface area contributed by atoms with E-state index in [4.69, 9.17) is 4.74 Å². The number of benzene rings is 1. The highest BCUT2D eigenvalue weighted by Crippen LogP contribution is 2.30. The maximum Gasteiger partial charge on any atom is 0.417 e. The van der Waals surface area contributed by atoms with Gasteiger partial charge in [-0.3, -0.25) is 9.20 Å². The van der Waals surface area contributed by atoms with E-state index in [0.29, 0.717) is 18.9 Å². The molecule has 11 heteroatoms. The minimum atomic E-state index is -4.47. The molecule has 1 amide bonds. The third kappa shape index (κ3) is 4.68. The molecule has 0 spiro atoms. The number of halogens is 3. The predicted octanol–water partition coefficient (Wildman–Crippen LogP) is 3.32. The standard InChI is InChI=1S/C19H18F3N5O2S/c20-19(21,22)13-1-6-16-24-25-18(27(16)11-13)30-12-17(28)23-14-2-4-15(5-3-14)26-7-9-29-10-8-26/h1-6,11H,7-10,12H2,(H,23,28). The van der Waals surface area contributed by atoms with Crippen LogP contribution >= 0.6 is 11.8 Å². The first-order valence-electron chi connectivity index (χ1n) is 9.17. The number of pyridine rings is 1. The van der Waals surface area contributed by atoms with Crippen molar-refractivity contribution in [2.45, 2.75) is 11.3 Å². The van der Waals surface area contributed by atoms with Crippen LogP contribution in [0.3, 0.4) is 0 Å². The van der Waals surface area contributed by atoms with E-state index < -0.39 is 11.7 Å². The summed E-state index contributed by atoms with van der Waals surface area (Å²) in [4.78, 5) is 14.5. The Kier molecular flexibility index (Phi) is 5.82. The number of anilines is 2. The highest BCUT2D eigenvalue weighted by Gasteiger charge is 2.31. The molecular formula is C19H18F3N5O2S. The normalized spacial score (nSPS) is 14.8. The van der Waals surface area contributed by atoms with E-state index in [1.54, 1.807) is 0 Å². The van der Waals surface area contributed by atoms with Gasteiger partial charge >= 0.3 is 6.18 Å². The van der Waals surface area contributed by atoms with E-state index in [2.05, 4.69) is 20.4 Å². The zero-order chi connectivity index (χ0) is 21.1. The molecule has 1 aliphatic heterocycles. The number of hydrogen-bond acceptors (Lipinski definition) is 6. The number of morpholine rings is 1. The van der Waals surface area contributed by atoms with Gasteiger partial charge in [-0.2, -0.15) is 13.2 Å². The highest BCUT2D eigenvalue weighted by molar-refractivity contribution is 7.99. The Hall–Kier alpha value is -2.79. The summed E-state index contributed by atoms with van der Waals surface area (Å²) in [5.41, 5.74) is 1.18. The summed E-state index contributed by atoms with van der Waals surface area (Å²) in [7, 11) is 0. The number of ether oxygens (including phenoxy) is 1. The van der Waals surface area contributed by atoms with Gasteiger partial charge < -0.3 is 15.0 Å². The number of hydrogen-bond donors (Lipinski definition) is 1. The molecule has 0 aliphatic carbocycles. The van der Waals surface area contributed by atoms with Crippen LogP contribution in [0.5, 0.6) is 0 Å². The summed E-state index contributed by atoms with van der Waals surface area (Å²) in [6.07, 6.45) is -3.54. The number of nitrogens with zero attached hydrogens (tertiary/aromatic N) is 4. The van der Waals surface area contributed by atoms with Crippen LogP contribution in [0.1, 0.15) is 5.56 Å². The van der Waals surface area contributed by atoms with Crippen molar-refractivity contribution in [3.63, 3.8) is 0 Å². The van der Waals surface area contributed by atoms with Gasteiger partial charge in [-0.25, -0.2) is 0 Å². The summed E-state index contributed by atoms with van der Waals surface area (Å²) in [6, 6.07) is 9.68. The van der Waals surface area contributed by atoms with Gasteiger partial charge in [0.25, 0.3) is 0 Å².